The van der Waals surface area contributed by atoms with Crippen LogP contribution in [-0.2, 0) is 9.84 Å². The molecule has 1 fully saturated rings. The van der Waals surface area contributed by atoms with E-state index in [9.17, 15) is 13.2 Å². The van der Waals surface area contributed by atoms with E-state index in [0.29, 0.717) is 28.4 Å². The molecule has 4 rings (SSSR count). The summed E-state index contributed by atoms with van der Waals surface area (Å²) in [5.41, 5.74) is 2.62. The van der Waals surface area contributed by atoms with Crippen molar-refractivity contribution in [2.45, 2.75) is 25.6 Å². The van der Waals surface area contributed by atoms with Gasteiger partial charge in [-0.2, -0.15) is 5.10 Å². The number of anilines is 1. The first-order valence-electron chi connectivity index (χ1n) is 7.97. The Morgan fingerprint density at radius 2 is 2.04 bits per heavy atom. The Kier molecular flexibility index (Phi) is 3.77. The first-order chi connectivity index (χ1) is 11.9. The van der Waals surface area contributed by atoms with E-state index in [0.717, 1.165) is 5.69 Å². The predicted octanol–water partition coefficient (Wildman–Crippen LogP) is 2.06. The normalized spacial score (nSPS) is 24.5. The van der Waals surface area contributed by atoms with Crippen LogP contribution >= 0.6 is 11.6 Å². The number of aromatic nitrogens is 2. The first-order valence-corrected chi connectivity index (χ1v) is 10.2. The maximum absolute atomic E-state index is 12.3. The van der Waals surface area contributed by atoms with E-state index in [1.807, 2.05) is 12.1 Å². The van der Waals surface area contributed by atoms with Gasteiger partial charge in [0.05, 0.1) is 34.4 Å². The van der Waals surface area contributed by atoms with Gasteiger partial charge in [0, 0.05) is 5.69 Å². The SMILES string of the molecule is Cc1nn(C2CCS(=O)(=O)C2)c(Cl)c1C1NC(=O)c2ccccc2N1. The molecule has 0 bridgehead atoms. The van der Waals surface area contributed by atoms with Crippen LogP contribution in [0.3, 0.4) is 0 Å². The van der Waals surface area contributed by atoms with Gasteiger partial charge in [0.25, 0.3) is 5.91 Å². The number of carbonyl (C=O) groups excluding carboxylic acids is 1. The summed E-state index contributed by atoms with van der Waals surface area (Å²) in [5.74, 6) is 0.000203. The van der Waals surface area contributed by atoms with Crippen LogP contribution in [0.2, 0.25) is 5.15 Å². The van der Waals surface area contributed by atoms with Crippen LogP contribution in [-0.4, -0.2) is 35.6 Å². The zero-order chi connectivity index (χ0) is 17.8. The number of rotatable bonds is 2. The molecule has 132 valence electrons. The number of fused-ring (bicyclic) bond motifs is 1. The number of para-hydroxylation sites is 1. The third-order valence-electron chi connectivity index (χ3n) is 4.66. The van der Waals surface area contributed by atoms with E-state index in [-0.39, 0.29) is 23.5 Å². The molecule has 1 aromatic carbocycles. The van der Waals surface area contributed by atoms with Crippen LogP contribution in [0, 0.1) is 6.92 Å². The Hall–Kier alpha value is -2.06. The summed E-state index contributed by atoms with van der Waals surface area (Å²) >= 11 is 6.53. The molecule has 1 aromatic heterocycles. The first kappa shape index (κ1) is 16.4. The second-order valence-electron chi connectivity index (χ2n) is 6.39. The van der Waals surface area contributed by atoms with Gasteiger partial charge in [0.1, 0.15) is 11.3 Å². The lowest BCUT2D eigenvalue weighted by Crippen LogP contribution is -2.38. The maximum Gasteiger partial charge on any atom is 0.255 e. The Balaban J connectivity index is 1.69. The highest BCUT2D eigenvalue weighted by molar-refractivity contribution is 7.91. The summed E-state index contributed by atoms with van der Waals surface area (Å²) in [6.45, 7) is 1.80. The molecule has 25 heavy (non-hydrogen) atoms. The molecule has 0 radical (unpaired) electrons. The van der Waals surface area contributed by atoms with Gasteiger partial charge in [-0.1, -0.05) is 23.7 Å². The van der Waals surface area contributed by atoms with Gasteiger partial charge in [0.2, 0.25) is 0 Å². The van der Waals surface area contributed by atoms with Gasteiger partial charge in [0.15, 0.2) is 9.84 Å². The second-order valence-corrected chi connectivity index (χ2v) is 8.97. The van der Waals surface area contributed by atoms with E-state index in [2.05, 4.69) is 15.7 Å². The van der Waals surface area contributed by atoms with Crippen LogP contribution < -0.4 is 10.6 Å². The monoisotopic (exact) mass is 380 g/mol. The van der Waals surface area contributed by atoms with Crippen molar-refractivity contribution in [3.8, 4) is 0 Å². The molecule has 3 heterocycles. The van der Waals surface area contributed by atoms with Crippen molar-refractivity contribution in [2.75, 3.05) is 16.8 Å². The molecular weight excluding hydrogens is 364 g/mol. The molecule has 9 heteroatoms. The number of benzene rings is 1. The molecule has 0 spiro atoms. The summed E-state index contributed by atoms with van der Waals surface area (Å²) < 4.78 is 25.1. The average molecular weight is 381 g/mol. The molecule has 2 atom stereocenters. The minimum absolute atomic E-state index is 0.0422. The molecule has 2 aliphatic heterocycles. The minimum Gasteiger partial charge on any atom is -0.361 e. The number of carbonyl (C=O) groups is 1. The largest absolute Gasteiger partial charge is 0.361 e. The van der Waals surface area contributed by atoms with Crippen molar-refractivity contribution < 1.29 is 13.2 Å². The summed E-state index contributed by atoms with van der Waals surface area (Å²) in [7, 11) is -3.04. The molecule has 1 saturated heterocycles. The third-order valence-corrected chi connectivity index (χ3v) is 6.79. The van der Waals surface area contributed by atoms with E-state index < -0.39 is 16.0 Å². The zero-order valence-corrected chi connectivity index (χ0v) is 15.1. The minimum atomic E-state index is -3.04. The van der Waals surface area contributed by atoms with E-state index in [1.165, 1.54) is 0 Å². The molecule has 2 aliphatic rings. The van der Waals surface area contributed by atoms with Gasteiger partial charge < -0.3 is 10.6 Å². The molecule has 0 saturated carbocycles. The van der Waals surface area contributed by atoms with E-state index >= 15 is 0 Å². The third kappa shape index (κ3) is 2.79. The quantitative estimate of drug-likeness (QED) is 0.831. The van der Waals surface area contributed by atoms with Gasteiger partial charge in [-0.05, 0) is 25.5 Å². The Bertz CT molecular complexity index is 970. The number of hydrogen-bond acceptors (Lipinski definition) is 5. The number of nitrogens with zero attached hydrogens (tertiary/aromatic N) is 2. The van der Waals surface area contributed by atoms with Crippen molar-refractivity contribution in [1.29, 1.82) is 0 Å². The average Bonchev–Trinajstić information content (AvgIpc) is 3.06. The van der Waals surface area contributed by atoms with Crippen molar-refractivity contribution in [3.63, 3.8) is 0 Å². The lowest BCUT2D eigenvalue weighted by Gasteiger charge is -2.28. The van der Waals surface area contributed by atoms with Crippen molar-refractivity contribution >= 4 is 33.0 Å². The van der Waals surface area contributed by atoms with Gasteiger partial charge in [-0.25, -0.2) is 13.1 Å². The summed E-state index contributed by atoms with van der Waals surface area (Å²) in [6.07, 6.45) is -0.0164. The smallest absolute Gasteiger partial charge is 0.255 e. The molecule has 7 nitrogen and oxygen atoms in total. The standard InChI is InChI=1S/C16H17ClN4O3S/c1-9-13(14(17)21(20-9)10-6-7-25(23,24)8-10)15-18-12-5-3-2-4-11(12)16(22)19-15/h2-5,10,15,18H,6-8H2,1H3,(H,19,22). The fourth-order valence-electron chi connectivity index (χ4n) is 3.42. The molecule has 2 N–H and O–H groups in total. The highest BCUT2D eigenvalue weighted by atomic mass is 35.5. The number of halogens is 1. The number of nitrogens with one attached hydrogen (secondary N) is 2. The van der Waals surface area contributed by atoms with Gasteiger partial charge in [-0.3, -0.25) is 4.79 Å². The number of hydrogen-bond donors (Lipinski definition) is 2. The Morgan fingerprint density at radius 1 is 1.28 bits per heavy atom. The van der Waals surface area contributed by atoms with Crippen LogP contribution in [0.15, 0.2) is 24.3 Å². The molecule has 2 aromatic rings. The number of sulfone groups is 1. The lowest BCUT2D eigenvalue weighted by molar-refractivity contribution is 0.0935. The van der Waals surface area contributed by atoms with Crippen LogP contribution in [0.1, 0.15) is 40.2 Å². The van der Waals surface area contributed by atoms with E-state index in [1.54, 1.807) is 23.7 Å². The summed E-state index contributed by atoms with van der Waals surface area (Å²) in [4.78, 5) is 12.3. The van der Waals surface area contributed by atoms with Crippen molar-refractivity contribution in [1.82, 2.24) is 15.1 Å². The van der Waals surface area contributed by atoms with Crippen molar-refractivity contribution in [2.24, 2.45) is 0 Å². The highest BCUT2D eigenvalue weighted by Crippen LogP contribution is 2.35. The molecule has 1 amide bonds. The van der Waals surface area contributed by atoms with Crippen LogP contribution in [0.25, 0.3) is 0 Å². The number of amides is 1. The van der Waals surface area contributed by atoms with Crippen LogP contribution in [0.4, 0.5) is 5.69 Å². The summed E-state index contributed by atoms with van der Waals surface area (Å²) in [6, 6.07) is 6.96. The van der Waals surface area contributed by atoms with Crippen molar-refractivity contribution in [3.05, 3.63) is 46.2 Å². The predicted molar refractivity (Wildman–Crippen MR) is 94.6 cm³/mol. The second kappa shape index (κ2) is 5.74. The summed E-state index contributed by atoms with van der Waals surface area (Å²) in [5, 5.41) is 10.9. The molecular formula is C16H17ClN4O3S. The highest BCUT2D eigenvalue weighted by Gasteiger charge is 2.35. The zero-order valence-electron chi connectivity index (χ0n) is 13.5. The Labute approximate surface area is 150 Å². The maximum atomic E-state index is 12.3. The molecule has 2 unspecified atom stereocenters. The topological polar surface area (TPSA) is 93.1 Å². The van der Waals surface area contributed by atoms with Gasteiger partial charge in [-0.15, -0.1) is 0 Å². The van der Waals surface area contributed by atoms with E-state index in [4.69, 9.17) is 11.6 Å². The number of aryl methyl sites for hydroxylation is 1. The van der Waals surface area contributed by atoms with Crippen LogP contribution in [0.5, 0.6) is 0 Å². The molecule has 0 aliphatic carbocycles. The van der Waals surface area contributed by atoms with Gasteiger partial charge >= 0.3 is 0 Å². The Morgan fingerprint density at radius 3 is 2.76 bits per heavy atom. The fraction of sp³-hybridized carbons (Fsp3) is 0.375. The lowest BCUT2D eigenvalue weighted by atomic mass is 10.1. The fourth-order valence-corrected chi connectivity index (χ4v) is 5.54.